The SMILES string of the molecule is N=C(N)c1ccc(Cn2cccc2)cc1. The average molecular weight is 199 g/mol. The third-order valence-corrected chi connectivity index (χ3v) is 2.30. The molecule has 0 aliphatic carbocycles. The first-order valence-electron chi connectivity index (χ1n) is 4.80. The number of benzene rings is 1. The second-order valence-electron chi connectivity index (χ2n) is 3.47. The van der Waals surface area contributed by atoms with E-state index in [1.165, 1.54) is 5.56 Å². The zero-order chi connectivity index (χ0) is 10.7. The van der Waals surface area contributed by atoms with Gasteiger partial charge in [0.2, 0.25) is 0 Å². The van der Waals surface area contributed by atoms with E-state index in [9.17, 15) is 0 Å². The van der Waals surface area contributed by atoms with E-state index < -0.39 is 0 Å². The molecular formula is C12H13N3. The third kappa shape index (κ3) is 2.26. The Labute approximate surface area is 88.7 Å². The number of rotatable bonds is 3. The molecule has 0 radical (unpaired) electrons. The first-order chi connectivity index (χ1) is 7.25. The summed E-state index contributed by atoms with van der Waals surface area (Å²) in [5.74, 6) is 0.113. The first kappa shape index (κ1) is 9.52. The molecule has 0 saturated heterocycles. The Bertz CT molecular complexity index is 440. The van der Waals surface area contributed by atoms with Gasteiger partial charge in [0.25, 0.3) is 0 Å². The van der Waals surface area contributed by atoms with E-state index in [1.54, 1.807) is 0 Å². The summed E-state index contributed by atoms with van der Waals surface area (Å²) in [5.41, 5.74) is 7.35. The molecule has 0 atom stereocenters. The summed E-state index contributed by atoms with van der Waals surface area (Å²) >= 11 is 0. The van der Waals surface area contributed by atoms with E-state index in [4.69, 9.17) is 11.1 Å². The molecule has 1 heterocycles. The fourth-order valence-electron chi connectivity index (χ4n) is 1.48. The van der Waals surface area contributed by atoms with Gasteiger partial charge in [-0.15, -0.1) is 0 Å². The number of nitrogens with one attached hydrogen (secondary N) is 1. The highest BCUT2D eigenvalue weighted by Gasteiger charge is 1.97. The lowest BCUT2D eigenvalue weighted by molar-refractivity contribution is 0.806. The summed E-state index contributed by atoms with van der Waals surface area (Å²) in [7, 11) is 0. The van der Waals surface area contributed by atoms with Crippen molar-refractivity contribution >= 4 is 5.84 Å². The van der Waals surface area contributed by atoms with Crippen LogP contribution in [0, 0.1) is 5.41 Å². The van der Waals surface area contributed by atoms with Gasteiger partial charge in [-0.2, -0.15) is 0 Å². The maximum absolute atomic E-state index is 7.27. The van der Waals surface area contributed by atoms with Gasteiger partial charge in [-0.1, -0.05) is 24.3 Å². The molecular weight excluding hydrogens is 186 g/mol. The quantitative estimate of drug-likeness (QED) is 0.575. The van der Waals surface area contributed by atoms with Crippen LogP contribution >= 0.6 is 0 Å². The molecule has 0 saturated carbocycles. The Balaban J connectivity index is 2.14. The highest BCUT2D eigenvalue weighted by Crippen LogP contribution is 2.06. The second kappa shape index (κ2) is 4.00. The average Bonchev–Trinajstić information content (AvgIpc) is 2.71. The van der Waals surface area contributed by atoms with Crippen LogP contribution in [0.3, 0.4) is 0 Å². The Morgan fingerprint density at radius 1 is 1.13 bits per heavy atom. The highest BCUT2D eigenvalue weighted by atomic mass is 14.9. The van der Waals surface area contributed by atoms with Crippen molar-refractivity contribution in [1.82, 2.24) is 4.57 Å². The molecule has 0 aliphatic rings. The van der Waals surface area contributed by atoms with Gasteiger partial charge in [0, 0.05) is 24.5 Å². The molecule has 0 fully saturated rings. The number of nitrogens with two attached hydrogens (primary N) is 1. The van der Waals surface area contributed by atoms with Crippen LogP contribution in [-0.4, -0.2) is 10.4 Å². The molecule has 1 aromatic heterocycles. The van der Waals surface area contributed by atoms with Crippen molar-refractivity contribution in [1.29, 1.82) is 5.41 Å². The summed E-state index contributed by atoms with van der Waals surface area (Å²) in [6.07, 6.45) is 4.05. The number of hydrogen-bond acceptors (Lipinski definition) is 1. The van der Waals surface area contributed by atoms with Crippen LogP contribution in [0.25, 0.3) is 0 Å². The predicted octanol–water partition coefficient (Wildman–Crippen LogP) is 1.82. The van der Waals surface area contributed by atoms with E-state index in [1.807, 2.05) is 48.8 Å². The van der Waals surface area contributed by atoms with Crippen molar-refractivity contribution in [2.24, 2.45) is 5.73 Å². The van der Waals surface area contributed by atoms with E-state index >= 15 is 0 Å². The van der Waals surface area contributed by atoms with Crippen molar-refractivity contribution < 1.29 is 0 Å². The largest absolute Gasteiger partial charge is 0.384 e. The fourth-order valence-corrected chi connectivity index (χ4v) is 1.48. The van der Waals surface area contributed by atoms with Gasteiger partial charge < -0.3 is 10.3 Å². The van der Waals surface area contributed by atoms with Crippen LogP contribution in [0.1, 0.15) is 11.1 Å². The molecule has 2 rings (SSSR count). The van der Waals surface area contributed by atoms with Crippen molar-refractivity contribution in [3.05, 3.63) is 59.9 Å². The Hall–Kier alpha value is -2.03. The lowest BCUT2D eigenvalue weighted by atomic mass is 10.1. The standard InChI is InChI=1S/C12H13N3/c13-12(14)11-5-3-10(4-6-11)9-15-7-1-2-8-15/h1-8H,9H2,(H3,13,14). The lowest BCUT2D eigenvalue weighted by Gasteiger charge is -2.04. The van der Waals surface area contributed by atoms with Crippen LogP contribution in [-0.2, 0) is 6.54 Å². The van der Waals surface area contributed by atoms with E-state index in [0.717, 1.165) is 12.1 Å². The van der Waals surface area contributed by atoms with E-state index in [2.05, 4.69) is 4.57 Å². The summed E-state index contributed by atoms with van der Waals surface area (Å²) < 4.78 is 2.10. The summed E-state index contributed by atoms with van der Waals surface area (Å²) in [5, 5.41) is 7.27. The van der Waals surface area contributed by atoms with Gasteiger partial charge in [0.1, 0.15) is 5.84 Å². The molecule has 3 heteroatoms. The Morgan fingerprint density at radius 3 is 2.27 bits per heavy atom. The van der Waals surface area contributed by atoms with Gasteiger partial charge in [-0.25, -0.2) is 0 Å². The molecule has 0 bridgehead atoms. The molecule has 1 aromatic carbocycles. The highest BCUT2D eigenvalue weighted by molar-refractivity contribution is 5.94. The number of amidine groups is 1. The molecule has 0 unspecified atom stereocenters. The Morgan fingerprint density at radius 2 is 1.73 bits per heavy atom. The monoisotopic (exact) mass is 199 g/mol. The number of aromatic nitrogens is 1. The van der Waals surface area contributed by atoms with Crippen molar-refractivity contribution in [2.75, 3.05) is 0 Å². The zero-order valence-corrected chi connectivity index (χ0v) is 8.35. The van der Waals surface area contributed by atoms with Crippen molar-refractivity contribution in [3.63, 3.8) is 0 Å². The second-order valence-corrected chi connectivity index (χ2v) is 3.47. The van der Waals surface area contributed by atoms with Gasteiger partial charge in [-0.05, 0) is 17.7 Å². The van der Waals surface area contributed by atoms with Gasteiger partial charge in [-0.3, -0.25) is 5.41 Å². The Kier molecular flexibility index (Phi) is 2.54. The van der Waals surface area contributed by atoms with Crippen LogP contribution < -0.4 is 5.73 Å². The molecule has 0 amide bonds. The van der Waals surface area contributed by atoms with Gasteiger partial charge in [0.15, 0.2) is 0 Å². The number of hydrogen-bond donors (Lipinski definition) is 2. The maximum Gasteiger partial charge on any atom is 0.122 e. The summed E-state index contributed by atoms with van der Waals surface area (Å²) in [6, 6.07) is 11.8. The predicted molar refractivity (Wildman–Crippen MR) is 61.0 cm³/mol. The molecule has 15 heavy (non-hydrogen) atoms. The minimum Gasteiger partial charge on any atom is -0.384 e. The fraction of sp³-hybridized carbons (Fsp3) is 0.0833. The molecule has 3 N–H and O–H groups in total. The molecule has 76 valence electrons. The summed E-state index contributed by atoms with van der Waals surface area (Å²) in [4.78, 5) is 0. The topological polar surface area (TPSA) is 54.8 Å². The first-order valence-corrected chi connectivity index (χ1v) is 4.80. The minimum absolute atomic E-state index is 0.113. The summed E-state index contributed by atoms with van der Waals surface area (Å²) in [6.45, 7) is 0.852. The smallest absolute Gasteiger partial charge is 0.122 e. The third-order valence-electron chi connectivity index (χ3n) is 2.30. The van der Waals surface area contributed by atoms with Crippen LogP contribution in [0.2, 0.25) is 0 Å². The zero-order valence-electron chi connectivity index (χ0n) is 8.35. The molecule has 0 spiro atoms. The molecule has 2 aromatic rings. The number of nitrogen functional groups attached to an aromatic ring is 1. The maximum atomic E-state index is 7.27. The molecule has 3 nitrogen and oxygen atoms in total. The molecule has 0 aliphatic heterocycles. The number of nitrogens with zero attached hydrogens (tertiary/aromatic N) is 1. The van der Waals surface area contributed by atoms with Crippen LogP contribution in [0.4, 0.5) is 0 Å². The normalized spacial score (nSPS) is 10.1. The van der Waals surface area contributed by atoms with Gasteiger partial charge >= 0.3 is 0 Å². The van der Waals surface area contributed by atoms with Gasteiger partial charge in [0.05, 0.1) is 0 Å². The van der Waals surface area contributed by atoms with Crippen molar-refractivity contribution in [2.45, 2.75) is 6.54 Å². The van der Waals surface area contributed by atoms with E-state index in [-0.39, 0.29) is 5.84 Å². The van der Waals surface area contributed by atoms with Crippen LogP contribution in [0.5, 0.6) is 0 Å². The van der Waals surface area contributed by atoms with E-state index in [0.29, 0.717) is 0 Å². The van der Waals surface area contributed by atoms with Crippen molar-refractivity contribution in [3.8, 4) is 0 Å². The lowest BCUT2D eigenvalue weighted by Crippen LogP contribution is -2.10. The minimum atomic E-state index is 0.113. The van der Waals surface area contributed by atoms with Crippen LogP contribution in [0.15, 0.2) is 48.8 Å².